The van der Waals surface area contributed by atoms with Gasteiger partial charge in [0.2, 0.25) is 0 Å². The molecule has 0 aromatic carbocycles. The number of nitrogens with one attached hydrogen (secondary N) is 2. The summed E-state index contributed by atoms with van der Waals surface area (Å²) in [6.45, 7) is 8.01. The summed E-state index contributed by atoms with van der Waals surface area (Å²) in [5.74, 6) is -1.73. The fourth-order valence-corrected chi connectivity index (χ4v) is 5.11. The molecule has 8 nitrogen and oxygen atoms in total. The van der Waals surface area contributed by atoms with Gasteiger partial charge in [-0.05, 0) is 110 Å². The molecule has 5 rings (SSSR count). The number of allylic oxidation sites excluding steroid dienone is 3. The van der Waals surface area contributed by atoms with Crippen molar-refractivity contribution in [1.29, 1.82) is 0 Å². The molecule has 0 fully saturated rings. The van der Waals surface area contributed by atoms with Crippen LogP contribution in [0.5, 0.6) is 0 Å². The Hall–Kier alpha value is -3.72. The molecule has 2 aliphatic rings. The molecule has 0 aliphatic carbocycles. The number of aromatic nitrogens is 4. The largest absolute Gasteiger partial charge is 0.481 e. The number of carbonyl (C=O) groups is 2. The Labute approximate surface area is 241 Å². The molecule has 2 aliphatic heterocycles. The molecule has 0 unspecified atom stereocenters. The third-order valence-electron chi connectivity index (χ3n) is 7.26. The number of fused-ring (bicyclic) bond motifs is 8. The number of carboxylic acids is 2. The van der Waals surface area contributed by atoms with Crippen LogP contribution in [0.4, 0.5) is 0 Å². The molecule has 4 N–H and O–H groups in total. The zero-order valence-electron chi connectivity index (χ0n) is 22.2. The monoisotopic (exact) mass is 617 g/mol. The molecule has 0 saturated carbocycles. The van der Waals surface area contributed by atoms with E-state index in [0.717, 1.165) is 72.6 Å². The van der Waals surface area contributed by atoms with Crippen molar-refractivity contribution in [3.05, 3.63) is 69.8 Å². The second-order valence-corrected chi connectivity index (χ2v) is 9.98. The second-order valence-electron chi connectivity index (χ2n) is 9.98. The van der Waals surface area contributed by atoms with E-state index in [1.807, 2.05) is 58.0 Å². The topological polar surface area (TPSA) is 132 Å². The first-order chi connectivity index (χ1) is 18.1. The number of aliphatic carboxylic acids is 2. The Kier molecular flexibility index (Phi) is 8.11. The van der Waals surface area contributed by atoms with Crippen LogP contribution in [0.1, 0.15) is 72.6 Å². The maximum absolute atomic E-state index is 11.4. The van der Waals surface area contributed by atoms with Crippen LogP contribution in [0.2, 0.25) is 0 Å². The molecule has 9 heteroatoms. The van der Waals surface area contributed by atoms with Gasteiger partial charge in [-0.1, -0.05) is 0 Å². The predicted molar refractivity (Wildman–Crippen MR) is 149 cm³/mol. The Bertz CT molecular complexity index is 1730. The summed E-state index contributed by atoms with van der Waals surface area (Å²) >= 11 is 0. The van der Waals surface area contributed by atoms with Crippen LogP contribution >= 0.6 is 0 Å². The first-order valence-corrected chi connectivity index (χ1v) is 12.6. The minimum atomic E-state index is -0.868. The van der Waals surface area contributed by atoms with Gasteiger partial charge >= 0.3 is 11.9 Å². The van der Waals surface area contributed by atoms with E-state index in [-0.39, 0.29) is 35.2 Å². The molecule has 5 heterocycles. The van der Waals surface area contributed by atoms with E-state index >= 15 is 0 Å². The van der Waals surface area contributed by atoms with Crippen LogP contribution in [0.25, 0.3) is 44.9 Å². The molecule has 3 aromatic rings. The predicted octanol–water partition coefficient (Wildman–Crippen LogP) is 6.30. The molecule has 0 amide bonds. The van der Waals surface area contributed by atoms with E-state index in [1.54, 1.807) is 0 Å². The summed E-state index contributed by atoms with van der Waals surface area (Å²) in [7, 11) is 0. The van der Waals surface area contributed by atoms with Gasteiger partial charge in [-0.2, -0.15) is 0 Å². The molecule has 3 aromatic heterocycles. The van der Waals surface area contributed by atoms with Gasteiger partial charge < -0.3 is 20.2 Å². The number of hydrogen-bond donors (Lipinski definition) is 4. The first-order valence-electron chi connectivity index (χ1n) is 12.6. The van der Waals surface area contributed by atoms with E-state index in [1.165, 1.54) is 0 Å². The Morgan fingerprint density at radius 2 is 1.46 bits per heavy atom. The number of rotatable bonds is 6. The van der Waals surface area contributed by atoms with Crippen molar-refractivity contribution in [1.82, 2.24) is 19.9 Å². The van der Waals surface area contributed by atoms with Crippen molar-refractivity contribution in [3.8, 4) is 0 Å². The Morgan fingerprint density at radius 3 is 2.18 bits per heavy atom. The summed E-state index contributed by atoms with van der Waals surface area (Å²) in [5, 5.41) is 18.7. The fourth-order valence-electron chi connectivity index (χ4n) is 5.11. The smallest absolute Gasteiger partial charge is 0.303 e. The molecular formula is C30H30AgN4O4. The third kappa shape index (κ3) is 5.83. The van der Waals surface area contributed by atoms with Gasteiger partial charge in [-0.3, -0.25) is 9.59 Å². The van der Waals surface area contributed by atoms with Crippen LogP contribution in [-0.4, -0.2) is 42.1 Å². The Morgan fingerprint density at radius 1 is 0.769 bits per heavy atom. The van der Waals surface area contributed by atoms with Gasteiger partial charge in [-0.15, -0.1) is 0 Å². The normalized spacial score (nSPS) is 12.8. The van der Waals surface area contributed by atoms with Crippen LogP contribution in [-0.2, 0) is 38.4 Å². The number of nitrogens with zero attached hydrogens (tertiary/aromatic N) is 2. The summed E-state index contributed by atoms with van der Waals surface area (Å²) in [5.41, 5.74) is 12.4. The summed E-state index contributed by atoms with van der Waals surface area (Å²) < 4.78 is 0. The van der Waals surface area contributed by atoms with E-state index < -0.39 is 11.9 Å². The van der Waals surface area contributed by atoms with Crippen molar-refractivity contribution in [2.75, 3.05) is 0 Å². The Balaban J connectivity index is 0.00000353. The zero-order valence-corrected chi connectivity index (χ0v) is 23.7. The first kappa shape index (κ1) is 28.3. The summed E-state index contributed by atoms with van der Waals surface area (Å²) in [6, 6.07) is 9.98. The number of H-pyrrole nitrogens is 2. The van der Waals surface area contributed by atoms with E-state index in [9.17, 15) is 19.8 Å². The van der Waals surface area contributed by atoms with Crippen molar-refractivity contribution < 1.29 is 42.2 Å². The zero-order chi connectivity index (χ0) is 27.1. The van der Waals surface area contributed by atoms with Gasteiger partial charge in [0.05, 0.1) is 22.8 Å². The molecule has 1 radical (unpaired) electrons. The molecule has 0 saturated heterocycles. The van der Waals surface area contributed by atoms with Gasteiger partial charge in [-0.25, -0.2) is 9.97 Å². The molecule has 8 bridgehead atoms. The van der Waals surface area contributed by atoms with Gasteiger partial charge in [0.1, 0.15) is 0 Å². The van der Waals surface area contributed by atoms with Crippen LogP contribution in [0.3, 0.4) is 0 Å². The standard InChI is InChI=1S/C30H30N4O4.Ag/c1-15-9-20-12-25-17(3)21(5-7-29(35)36)27(33-25)14-28-22(6-8-30(37)38)18(4)26(34-28)13-24-16(2)10-19(32-24)11-23(15)31-20;/h9-14,31,34H,5-8H2,1-4H3,(H,35,36)(H,37,38);. The molecular weight excluding hydrogens is 588 g/mol. The summed E-state index contributed by atoms with van der Waals surface area (Å²) in [4.78, 5) is 39.5. The van der Waals surface area contributed by atoms with Gasteiger partial charge in [0.15, 0.2) is 0 Å². The minimum absolute atomic E-state index is 0. The van der Waals surface area contributed by atoms with Crippen molar-refractivity contribution in [2.24, 2.45) is 0 Å². The average molecular weight is 618 g/mol. The van der Waals surface area contributed by atoms with E-state index in [0.29, 0.717) is 18.5 Å². The number of aryl methyl sites for hydroxylation is 3. The van der Waals surface area contributed by atoms with Gasteiger partial charge in [0.25, 0.3) is 0 Å². The van der Waals surface area contributed by atoms with E-state index in [4.69, 9.17) is 9.97 Å². The number of hydrogen-bond acceptors (Lipinski definition) is 4. The quantitative estimate of drug-likeness (QED) is 0.240. The van der Waals surface area contributed by atoms with Crippen LogP contribution in [0, 0.1) is 13.8 Å². The van der Waals surface area contributed by atoms with Gasteiger partial charge in [0, 0.05) is 57.3 Å². The SMILES string of the molecule is CC1=Cc2cc3[nH]c(cc4nc(cc5[nH]c(cc1n2)c(C)c5CCC(=O)O)C(CCC(=O)O)=C4C)cc3C.[Ag]. The molecule has 0 atom stereocenters. The number of aromatic amines is 2. The third-order valence-corrected chi connectivity index (χ3v) is 7.26. The second kappa shape index (κ2) is 11.2. The maximum Gasteiger partial charge on any atom is 0.303 e. The van der Waals surface area contributed by atoms with Crippen molar-refractivity contribution >= 4 is 56.8 Å². The van der Waals surface area contributed by atoms with Crippen molar-refractivity contribution in [2.45, 2.75) is 53.4 Å². The van der Waals surface area contributed by atoms with Crippen LogP contribution in [0.15, 0.2) is 30.3 Å². The average Bonchev–Trinajstić information content (AvgIpc) is 3.53. The summed E-state index contributed by atoms with van der Waals surface area (Å²) in [6.07, 6.45) is 2.74. The molecule has 0 spiro atoms. The molecule has 39 heavy (non-hydrogen) atoms. The fraction of sp³-hybridized carbons (Fsp3) is 0.267. The maximum atomic E-state index is 11.4. The van der Waals surface area contributed by atoms with Crippen molar-refractivity contribution in [3.63, 3.8) is 0 Å². The van der Waals surface area contributed by atoms with E-state index in [2.05, 4.69) is 16.0 Å². The molecule has 205 valence electrons. The van der Waals surface area contributed by atoms with Crippen LogP contribution < -0.4 is 0 Å². The minimum Gasteiger partial charge on any atom is -0.481 e. The number of carboxylic acid groups (broad SMARTS) is 2.